The van der Waals surface area contributed by atoms with E-state index in [1.165, 1.54) is 0 Å². The average molecular weight is 329 g/mol. The van der Waals surface area contributed by atoms with Gasteiger partial charge in [-0.05, 0) is 30.7 Å². The van der Waals surface area contributed by atoms with Crippen molar-refractivity contribution in [3.63, 3.8) is 0 Å². The minimum Gasteiger partial charge on any atom is -0.493 e. The number of hydrogen-bond acceptors (Lipinski definition) is 4. The number of halogens is 1. The lowest BCUT2D eigenvalue weighted by molar-refractivity contribution is 0.133. The van der Waals surface area contributed by atoms with Gasteiger partial charge in [0.1, 0.15) is 11.9 Å². The second-order valence-corrected chi connectivity index (χ2v) is 6.17. The number of hydrogen-bond donors (Lipinski definition) is 0. The largest absolute Gasteiger partial charge is 0.493 e. The van der Waals surface area contributed by atoms with Crippen LogP contribution in [0.4, 0.5) is 10.1 Å². The van der Waals surface area contributed by atoms with Crippen LogP contribution in [0.2, 0.25) is 0 Å². The van der Waals surface area contributed by atoms with Gasteiger partial charge in [-0.1, -0.05) is 18.2 Å². The second-order valence-electron chi connectivity index (χ2n) is 6.17. The normalized spacial score (nSPS) is 22.5. The minimum atomic E-state index is -0.834. The Bertz CT molecular complexity index is 694. The highest BCUT2D eigenvalue weighted by Gasteiger charge is 2.30. The summed E-state index contributed by atoms with van der Waals surface area (Å²) in [5, 5.41) is 0. The van der Waals surface area contributed by atoms with Crippen molar-refractivity contribution in [3.8, 4) is 17.2 Å². The maximum absolute atomic E-state index is 14.3. The van der Waals surface area contributed by atoms with E-state index < -0.39 is 6.17 Å². The molecule has 4 rings (SSSR count). The molecule has 2 atom stereocenters. The van der Waals surface area contributed by atoms with Crippen molar-refractivity contribution < 1.29 is 18.6 Å². The lowest BCUT2D eigenvalue weighted by atomic mass is 9.96. The molecule has 0 spiro atoms. The molecule has 2 aromatic carbocycles. The van der Waals surface area contributed by atoms with Gasteiger partial charge in [0.2, 0.25) is 6.79 Å². The molecule has 5 heteroatoms. The zero-order chi connectivity index (χ0) is 16.4. The zero-order valence-corrected chi connectivity index (χ0v) is 13.4. The zero-order valence-electron chi connectivity index (χ0n) is 13.4. The molecule has 126 valence electrons. The van der Waals surface area contributed by atoms with Crippen LogP contribution in [-0.2, 0) is 0 Å². The quantitative estimate of drug-likeness (QED) is 0.856. The first kappa shape index (κ1) is 15.1. The number of benzene rings is 2. The summed E-state index contributed by atoms with van der Waals surface area (Å²) in [6, 6.07) is 15.6. The standard InChI is InChI=1S/C19H20FNO3/c20-17-8-9-21(15-4-2-1-3-5-15)11-14(17)12-22-16-6-7-18-19(10-16)24-13-23-18/h1-7,10,14,17H,8-9,11-13H2. The number of fused-ring (bicyclic) bond motifs is 1. The van der Waals surface area contributed by atoms with Crippen LogP contribution in [-0.4, -0.2) is 32.7 Å². The summed E-state index contributed by atoms with van der Waals surface area (Å²) in [4.78, 5) is 2.23. The summed E-state index contributed by atoms with van der Waals surface area (Å²) < 4.78 is 30.8. The van der Waals surface area contributed by atoms with Gasteiger partial charge in [-0.25, -0.2) is 4.39 Å². The summed E-state index contributed by atoms with van der Waals surface area (Å²) in [5.74, 6) is 1.94. The van der Waals surface area contributed by atoms with Crippen LogP contribution in [0.25, 0.3) is 0 Å². The molecule has 0 aromatic heterocycles. The minimum absolute atomic E-state index is 0.149. The van der Waals surface area contributed by atoms with Crippen LogP contribution >= 0.6 is 0 Å². The van der Waals surface area contributed by atoms with E-state index in [1.54, 1.807) is 6.07 Å². The number of nitrogens with zero attached hydrogens (tertiary/aromatic N) is 1. The molecule has 4 nitrogen and oxygen atoms in total. The predicted molar refractivity (Wildman–Crippen MR) is 89.7 cm³/mol. The monoisotopic (exact) mass is 329 g/mol. The van der Waals surface area contributed by atoms with E-state index in [1.807, 2.05) is 30.3 Å². The van der Waals surface area contributed by atoms with Gasteiger partial charge in [0.25, 0.3) is 0 Å². The molecular weight excluding hydrogens is 309 g/mol. The highest BCUT2D eigenvalue weighted by atomic mass is 19.1. The summed E-state index contributed by atoms with van der Waals surface area (Å²) in [7, 11) is 0. The van der Waals surface area contributed by atoms with Crippen LogP contribution in [0, 0.1) is 5.92 Å². The Hall–Kier alpha value is -2.43. The first-order valence-electron chi connectivity index (χ1n) is 8.26. The van der Waals surface area contributed by atoms with Crippen molar-refractivity contribution in [2.75, 3.05) is 31.4 Å². The van der Waals surface area contributed by atoms with Crippen LogP contribution in [0.15, 0.2) is 48.5 Å². The maximum Gasteiger partial charge on any atom is 0.231 e. The Morgan fingerprint density at radius 3 is 2.79 bits per heavy atom. The molecule has 2 aromatic rings. The van der Waals surface area contributed by atoms with Crippen LogP contribution < -0.4 is 19.1 Å². The van der Waals surface area contributed by atoms with E-state index in [2.05, 4.69) is 17.0 Å². The molecular formula is C19H20FNO3. The SMILES string of the molecule is FC1CCN(c2ccccc2)CC1COc1ccc2c(c1)OCO2. The number of ether oxygens (including phenoxy) is 3. The molecule has 0 radical (unpaired) electrons. The second kappa shape index (κ2) is 6.59. The van der Waals surface area contributed by atoms with Crippen LogP contribution in [0.1, 0.15) is 6.42 Å². The third-order valence-corrected chi connectivity index (χ3v) is 4.57. The molecule has 0 bridgehead atoms. The molecule has 0 amide bonds. The van der Waals surface area contributed by atoms with Gasteiger partial charge in [0.15, 0.2) is 11.5 Å². The molecule has 2 aliphatic heterocycles. The lowest BCUT2D eigenvalue weighted by Crippen LogP contribution is -2.44. The van der Waals surface area contributed by atoms with Crippen molar-refractivity contribution in [3.05, 3.63) is 48.5 Å². The fourth-order valence-corrected chi connectivity index (χ4v) is 3.20. The third kappa shape index (κ3) is 3.11. The van der Waals surface area contributed by atoms with Gasteiger partial charge in [-0.2, -0.15) is 0 Å². The van der Waals surface area contributed by atoms with Crippen LogP contribution in [0.3, 0.4) is 0 Å². The molecule has 1 fully saturated rings. The van der Waals surface area contributed by atoms with Gasteiger partial charge >= 0.3 is 0 Å². The fraction of sp³-hybridized carbons (Fsp3) is 0.368. The number of anilines is 1. The van der Waals surface area contributed by atoms with Crippen LogP contribution in [0.5, 0.6) is 17.2 Å². The maximum atomic E-state index is 14.3. The Balaban J connectivity index is 1.39. The molecule has 0 aliphatic carbocycles. The van der Waals surface area contributed by atoms with Gasteiger partial charge in [-0.3, -0.25) is 0 Å². The summed E-state index contributed by atoms with van der Waals surface area (Å²) in [6.07, 6.45) is -0.302. The molecule has 1 saturated heterocycles. The smallest absolute Gasteiger partial charge is 0.231 e. The van der Waals surface area contributed by atoms with Gasteiger partial charge in [0.05, 0.1) is 6.61 Å². The third-order valence-electron chi connectivity index (χ3n) is 4.57. The van der Waals surface area contributed by atoms with E-state index in [4.69, 9.17) is 14.2 Å². The van der Waals surface area contributed by atoms with Crippen molar-refractivity contribution >= 4 is 5.69 Å². The number of alkyl halides is 1. The molecule has 2 aliphatic rings. The number of para-hydroxylation sites is 1. The van der Waals surface area contributed by atoms with Crippen molar-refractivity contribution in [1.82, 2.24) is 0 Å². The molecule has 0 saturated carbocycles. The first-order valence-corrected chi connectivity index (χ1v) is 8.26. The molecule has 24 heavy (non-hydrogen) atoms. The fourth-order valence-electron chi connectivity index (χ4n) is 3.20. The van der Waals surface area contributed by atoms with Gasteiger partial charge in [-0.15, -0.1) is 0 Å². The van der Waals surface area contributed by atoms with E-state index in [0.29, 0.717) is 31.1 Å². The summed E-state index contributed by atoms with van der Waals surface area (Å²) in [5.41, 5.74) is 1.14. The Kier molecular flexibility index (Phi) is 4.15. The Morgan fingerprint density at radius 2 is 1.92 bits per heavy atom. The lowest BCUT2D eigenvalue weighted by Gasteiger charge is -2.36. The molecule has 2 unspecified atom stereocenters. The number of rotatable bonds is 4. The van der Waals surface area contributed by atoms with Crippen molar-refractivity contribution in [2.45, 2.75) is 12.6 Å². The van der Waals surface area contributed by atoms with E-state index >= 15 is 0 Å². The average Bonchev–Trinajstić information content (AvgIpc) is 3.09. The summed E-state index contributed by atoms with van der Waals surface area (Å²) in [6.45, 7) is 1.99. The summed E-state index contributed by atoms with van der Waals surface area (Å²) >= 11 is 0. The van der Waals surface area contributed by atoms with Gasteiger partial charge < -0.3 is 19.1 Å². The Labute approximate surface area is 140 Å². The van der Waals surface area contributed by atoms with Gasteiger partial charge in [0, 0.05) is 30.8 Å². The predicted octanol–water partition coefficient (Wildman–Crippen LogP) is 3.66. The molecule has 0 N–H and O–H groups in total. The first-order chi connectivity index (χ1) is 11.8. The van der Waals surface area contributed by atoms with Crippen molar-refractivity contribution in [1.29, 1.82) is 0 Å². The van der Waals surface area contributed by atoms with E-state index in [0.717, 1.165) is 18.0 Å². The van der Waals surface area contributed by atoms with E-state index in [9.17, 15) is 4.39 Å². The topological polar surface area (TPSA) is 30.9 Å². The van der Waals surface area contributed by atoms with E-state index in [-0.39, 0.29) is 12.7 Å². The highest BCUT2D eigenvalue weighted by Crippen LogP contribution is 2.35. The van der Waals surface area contributed by atoms with Crippen molar-refractivity contribution in [2.24, 2.45) is 5.92 Å². The molecule has 2 heterocycles. The highest BCUT2D eigenvalue weighted by molar-refractivity contribution is 5.47. The Morgan fingerprint density at radius 1 is 1.08 bits per heavy atom. The number of piperidine rings is 1.